The summed E-state index contributed by atoms with van der Waals surface area (Å²) < 4.78 is 5.63. The smallest absolute Gasteiger partial charge is 0.254 e. The summed E-state index contributed by atoms with van der Waals surface area (Å²) in [7, 11) is 0. The number of hydrogen-bond donors (Lipinski definition) is 3. The Morgan fingerprint density at radius 1 is 1.02 bits per heavy atom. The molecule has 0 radical (unpaired) electrons. The first-order valence-electron chi connectivity index (χ1n) is 15.5. The number of carbonyl (C=O) groups is 2. The Morgan fingerprint density at radius 3 is 2.51 bits per heavy atom. The Kier molecular flexibility index (Phi) is 10.3. The van der Waals surface area contributed by atoms with Crippen molar-refractivity contribution in [3.05, 3.63) is 131 Å². The van der Waals surface area contributed by atoms with E-state index in [-0.39, 0.29) is 24.4 Å². The van der Waals surface area contributed by atoms with Crippen LogP contribution in [0.15, 0.2) is 90.1 Å². The van der Waals surface area contributed by atoms with Crippen molar-refractivity contribution < 1.29 is 19.1 Å². The van der Waals surface area contributed by atoms with Crippen molar-refractivity contribution in [2.24, 2.45) is 0 Å². The number of aliphatic hydroxyl groups is 1. The highest BCUT2D eigenvalue weighted by atomic mass is 16.3. The zero-order valence-corrected chi connectivity index (χ0v) is 26.3. The van der Waals surface area contributed by atoms with Crippen molar-refractivity contribution in [1.82, 2.24) is 20.5 Å². The van der Waals surface area contributed by atoms with Gasteiger partial charge in [-0.25, -0.2) is 4.98 Å². The molecule has 0 saturated carbocycles. The number of aliphatic hydroxyl groups excluding tert-OH is 1. The standard InChI is InChI=1S/C37H42N4O4/c1-24(2)29-13-8-12-28(18-29)21-38-22-34(42)32(19-27-10-6-5-7-11-27)40-35(43)30-16-25(3)17-31(20-30)37(44)41-15-9-14-33(41)36-39-26(4)23-45-36/h5-8,10-13,16-18,20,23,32-34,38,42H,1,9,14-15,19,21-22H2,2-4H3,(H,40,43)/t32-,33+,34-/m0/s1. The number of likely N-dealkylation sites (tertiary alicyclic amines) is 1. The summed E-state index contributed by atoms with van der Waals surface area (Å²) in [5.41, 5.74) is 6.54. The van der Waals surface area contributed by atoms with Crippen molar-refractivity contribution in [3.63, 3.8) is 0 Å². The van der Waals surface area contributed by atoms with Crippen LogP contribution >= 0.6 is 0 Å². The van der Waals surface area contributed by atoms with Gasteiger partial charge in [-0.2, -0.15) is 0 Å². The normalized spacial score (nSPS) is 15.9. The van der Waals surface area contributed by atoms with Crippen LogP contribution in [0.4, 0.5) is 0 Å². The molecule has 0 bridgehead atoms. The van der Waals surface area contributed by atoms with Crippen LogP contribution in [0.2, 0.25) is 0 Å². The molecule has 3 atom stereocenters. The number of carbonyl (C=O) groups excluding carboxylic acids is 2. The van der Waals surface area contributed by atoms with Crippen molar-refractivity contribution in [2.75, 3.05) is 13.1 Å². The van der Waals surface area contributed by atoms with E-state index in [0.717, 1.165) is 46.4 Å². The molecule has 5 rings (SSSR count). The lowest BCUT2D eigenvalue weighted by atomic mass is 9.99. The summed E-state index contributed by atoms with van der Waals surface area (Å²) in [5, 5.41) is 17.7. The third-order valence-corrected chi connectivity index (χ3v) is 8.20. The lowest BCUT2D eigenvalue weighted by Crippen LogP contribution is -2.48. The molecule has 3 aromatic carbocycles. The fourth-order valence-electron chi connectivity index (χ4n) is 5.85. The van der Waals surface area contributed by atoms with E-state index >= 15 is 0 Å². The van der Waals surface area contributed by atoms with Crippen LogP contribution in [0.25, 0.3) is 5.57 Å². The number of aromatic nitrogens is 1. The van der Waals surface area contributed by atoms with Crippen molar-refractivity contribution >= 4 is 17.4 Å². The SMILES string of the molecule is C=C(C)c1cccc(CNC[C@H](O)[C@H](Cc2ccccc2)NC(=O)c2cc(C)cc(C(=O)N3CCC[C@@H]3c3nc(C)co3)c2)c1. The van der Waals surface area contributed by atoms with E-state index in [1.54, 1.807) is 29.4 Å². The highest BCUT2D eigenvalue weighted by Crippen LogP contribution is 2.33. The molecule has 2 heterocycles. The summed E-state index contributed by atoms with van der Waals surface area (Å²) in [6, 6.07) is 22.3. The fourth-order valence-corrected chi connectivity index (χ4v) is 5.85. The van der Waals surface area contributed by atoms with Gasteiger partial charge >= 0.3 is 0 Å². The predicted molar refractivity (Wildman–Crippen MR) is 176 cm³/mol. The molecule has 8 nitrogen and oxygen atoms in total. The molecule has 0 unspecified atom stereocenters. The Morgan fingerprint density at radius 2 is 1.78 bits per heavy atom. The summed E-state index contributed by atoms with van der Waals surface area (Å²) >= 11 is 0. The van der Waals surface area contributed by atoms with E-state index in [2.05, 4.69) is 28.3 Å². The minimum Gasteiger partial charge on any atom is -0.446 e. The van der Waals surface area contributed by atoms with Gasteiger partial charge in [-0.1, -0.05) is 66.7 Å². The Labute approximate surface area is 265 Å². The van der Waals surface area contributed by atoms with Crippen LogP contribution in [-0.4, -0.2) is 52.0 Å². The zero-order valence-electron chi connectivity index (χ0n) is 26.3. The summed E-state index contributed by atoms with van der Waals surface area (Å²) in [4.78, 5) is 33.6. The number of aryl methyl sites for hydroxylation is 2. The zero-order chi connectivity index (χ0) is 31.9. The molecule has 2 amide bonds. The van der Waals surface area contributed by atoms with Gasteiger partial charge in [0, 0.05) is 30.8 Å². The van der Waals surface area contributed by atoms with Crippen LogP contribution in [0.1, 0.15) is 80.4 Å². The number of benzene rings is 3. The van der Waals surface area contributed by atoms with E-state index in [4.69, 9.17) is 4.42 Å². The molecular formula is C37H42N4O4. The maximum atomic E-state index is 13.7. The Balaban J connectivity index is 1.30. The van der Waals surface area contributed by atoms with Crippen molar-refractivity contribution in [3.8, 4) is 0 Å². The second-order valence-corrected chi connectivity index (χ2v) is 12.0. The molecule has 1 aromatic heterocycles. The van der Waals surface area contributed by atoms with Crippen LogP contribution in [0.5, 0.6) is 0 Å². The van der Waals surface area contributed by atoms with Gasteiger partial charge in [0.2, 0.25) is 5.89 Å². The molecule has 45 heavy (non-hydrogen) atoms. The summed E-state index contributed by atoms with van der Waals surface area (Å²) in [5.74, 6) is 0.0360. The van der Waals surface area contributed by atoms with Gasteiger partial charge in [-0.15, -0.1) is 0 Å². The molecule has 1 aliphatic rings. The number of nitrogens with one attached hydrogen (secondary N) is 2. The van der Waals surface area contributed by atoms with Gasteiger partial charge in [0.05, 0.1) is 17.8 Å². The third kappa shape index (κ3) is 8.15. The van der Waals surface area contributed by atoms with Crippen LogP contribution in [0.3, 0.4) is 0 Å². The maximum Gasteiger partial charge on any atom is 0.254 e. The molecule has 4 aromatic rings. The highest BCUT2D eigenvalue weighted by Gasteiger charge is 2.34. The molecular weight excluding hydrogens is 564 g/mol. The van der Waals surface area contributed by atoms with Crippen LogP contribution in [-0.2, 0) is 13.0 Å². The quantitative estimate of drug-likeness (QED) is 0.188. The average Bonchev–Trinajstić information content (AvgIpc) is 3.70. The first-order chi connectivity index (χ1) is 21.7. The first kappa shape index (κ1) is 31.9. The van der Waals surface area contributed by atoms with E-state index in [1.807, 2.05) is 69.3 Å². The second-order valence-electron chi connectivity index (χ2n) is 12.0. The fraction of sp³-hybridized carbons (Fsp3) is 0.324. The van der Waals surface area contributed by atoms with E-state index in [1.165, 1.54) is 0 Å². The van der Waals surface area contributed by atoms with Gasteiger partial charge in [0.15, 0.2) is 0 Å². The number of hydrogen-bond acceptors (Lipinski definition) is 6. The van der Waals surface area contributed by atoms with Gasteiger partial charge in [-0.05, 0) is 80.5 Å². The number of nitrogens with zero attached hydrogens (tertiary/aromatic N) is 2. The largest absolute Gasteiger partial charge is 0.446 e. The van der Waals surface area contributed by atoms with Gasteiger partial charge in [0.1, 0.15) is 12.3 Å². The topological polar surface area (TPSA) is 108 Å². The van der Waals surface area contributed by atoms with Gasteiger partial charge < -0.3 is 25.1 Å². The summed E-state index contributed by atoms with van der Waals surface area (Å²) in [6.07, 6.45) is 2.81. The minimum atomic E-state index is -0.862. The molecule has 1 aliphatic heterocycles. The van der Waals surface area contributed by atoms with Crippen LogP contribution in [0, 0.1) is 13.8 Å². The number of allylic oxidation sites excluding steroid dienone is 1. The molecule has 1 saturated heterocycles. The van der Waals surface area contributed by atoms with Crippen molar-refractivity contribution in [2.45, 2.75) is 64.8 Å². The average molecular weight is 607 g/mol. The molecule has 3 N–H and O–H groups in total. The molecule has 1 fully saturated rings. The highest BCUT2D eigenvalue weighted by molar-refractivity contribution is 6.00. The Hall–Kier alpha value is -4.53. The molecule has 0 aliphatic carbocycles. The first-order valence-corrected chi connectivity index (χ1v) is 15.5. The predicted octanol–water partition coefficient (Wildman–Crippen LogP) is 5.79. The maximum absolute atomic E-state index is 13.7. The molecule has 234 valence electrons. The number of amides is 2. The second kappa shape index (κ2) is 14.5. The number of rotatable bonds is 12. The summed E-state index contributed by atoms with van der Waals surface area (Å²) in [6.45, 7) is 11.2. The number of oxazole rings is 1. The van der Waals surface area contributed by atoms with Gasteiger partial charge in [-0.3, -0.25) is 9.59 Å². The molecule has 0 spiro atoms. The van der Waals surface area contributed by atoms with E-state index in [0.29, 0.717) is 36.5 Å². The van der Waals surface area contributed by atoms with Crippen molar-refractivity contribution in [1.29, 1.82) is 0 Å². The van der Waals surface area contributed by atoms with E-state index in [9.17, 15) is 14.7 Å². The van der Waals surface area contributed by atoms with Gasteiger partial charge in [0.25, 0.3) is 11.8 Å². The molecule has 8 heteroatoms. The minimum absolute atomic E-state index is 0.160. The van der Waals surface area contributed by atoms with Crippen LogP contribution < -0.4 is 10.6 Å². The lowest BCUT2D eigenvalue weighted by molar-refractivity contribution is 0.0715. The Bertz CT molecular complexity index is 1650. The lowest BCUT2D eigenvalue weighted by Gasteiger charge is -2.25. The third-order valence-electron chi connectivity index (χ3n) is 8.20. The monoisotopic (exact) mass is 606 g/mol. The van der Waals surface area contributed by atoms with E-state index < -0.39 is 12.1 Å².